The maximum absolute atomic E-state index is 11.8. The van der Waals surface area contributed by atoms with Crippen LogP contribution in [0.15, 0.2) is 29.3 Å². The van der Waals surface area contributed by atoms with Gasteiger partial charge in [0.25, 0.3) is 5.91 Å². The molecule has 5 nitrogen and oxygen atoms in total. The lowest BCUT2D eigenvalue weighted by Gasteiger charge is -2.38. The number of benzene rings is 1. The first-order valence-electron chi connectivity index (χ1n) is 8.98. The number of aliphatic imine (C=N–C) groups is 1. The molecule has 1 aliphatic carbocycles. The van der Waals surface area contributed by atoms with Crippen molar-refractivity contribution in [2.75, 3.05) is 26.7 Å². The maximum atomic E-state index is 11.8. The number of nitrogens with one attached hydrogen (secondary N) is 2. The number of carbonyl (C=O) groups is 1. The van der Waals surface area contributed by atoms with Crippen LogP contribution in [0.25, 0.3) is 0 Å². The summed E-state index contributed by atoms with van der Waals surface area (Å²) in [5, 5.41) is 6.28. The lowest BCUT2D eigenvalue weighted by molar-refractivity contribution is 0.0956. The molecule has 1 saturated heterocycles. The summed E-state index contributed by atoms with van der Waals surface area (Å²) in [6, 6.07) is 7.76. The summed E-state index contributed by atoms with van der Waals surface area (Å²) < 4.78 is 0. The molecule has 1 amide bonds. The van der Waals surface area contributed by atoms with Crippen LogP contribution in [0, 0.1) is 5.41 Å². The second kappa shape index (κ2) is 7.24. The summed E-state index contributed by atoms with van der Waals surface area (Å²) in [6.45, 7) is 5.55. The first kappa shape index (κ1) is 16.8. The molecule has 0 atom stereocenters. The molecule has 0 radical (unpaired) electrons. The van der Waals surface area contributed by atoms with Gasteiger partial charge in [0.05, 0.1) is 0 Å². The number of carbonyl (C=O) groups excluding carboxylic acids is 1. The van der Waals surface area contributed by atoms with Gasteiger partial charge in [-0.2, -0.15) is 0 Å². The number of rotatable bonds is 4. The Balaban J connectivity index is 1.53. The van der Waals surface area contributed by atoms with Crippen molar-refractivity contribution in [3.05, 3.63) is 35.4 Å². The molecule has 5 heteroatoms. The third-order valence-corrected chi connectivity index (χ3v) is 5.37. The van der Waals surface area contributed by atoms with Gasteiger partial charge in [0.15, 0.2) is 5.96 Å². The fourth-order valence-electron chi connectivity index (χ4n) is 3.75. The lowest BCUT2D eigenvalue weighted by Crippen LogP contribution is -2.42. The molecule has 1 aliphatic heterocycles. The van der Waals surface area contributed by atoms with E-state index in [1.54, 1.807) is 0 Å². The number of hydrogen-bond donors (Lipinski definition) is 2. The monoisotopic (exact) mass is 328 g/mol. The summed E-state index contributed by atoms with van der Waals surface area (Å²) in [7, 11) is 1.85. The molecule has 2 aliphatic rings. The van der Waals surface area contributed by atoms with E-state index < -0.39 is 0 Å². The Morgan fingerprint density at radius 2 is 1.96 bits per heavy atom. The Hall–Kier alpha value is -2.04. The fraction of sp³-hybridized carbons (Fsp3) is 0.579. The van der Waals surface area contributed by atoms with E-state index in [1.165, 1.54) is 25.7 Å². The Labute approximate surface area is 144 Å². The molecule has 24 heavy (non-hydrogen) atoms. The first-order chi connectivity index (χ1) is 11.7. The molecule has 1 heterocycles. The number of guanidine groups is 1. The molecule has 130 valence electrons. The van der Waals surface area contributed by atoms with Crippen molar-refractivity contribution < 1.29 is 4.79 Å². The van der Waals surface area contributed by atoms with Crippen molar-refractivity contribution in [3.8, 4) is 0 Å². The minimum Gasteiger partial charge on any atom is -0.352 e. The molecule has 0 bridgehead atoms. The van der Waals surface area contributed by atoms with Crippen molar-refractivity contribution in [2.24, 2.45) is 10.4 Å². The Morgan fingerprint density at radius 1 is 1.21 bits per heavy atom. The Bertz CT molecular complexity index is 604. The molecule has 3 rings (SSSR count). The Kier molecular flexibility index (Phi) is 5.07. The molecule has 0 aromatic heterocycles. The predicted molar refractivity (Wildman–Crippen MR) is 97.1 cm³/mol. The van der Waals surface area contributed by atoms with Crippen LogP contribution in [0.5, 0.6) is 0 Å². The summed E-state index contributed by atoms with van der Waals surface area (Å²) in [6.07, 6.45) is 5.44. The van der Waals surface area contributed by atoms with Gasteiger partial charge in [0.1, 0.15) is 0 Å². The summed E-state index contributed by atoms with van der Waals surface area (Å²) >= 11 is 0. The lowest BCUT2D eigenvalue weighted by atomic mass is 9.68. The average Bonchev–Trinajstić information content (AvgIpc) is 3.02. The van der Waals surface area contributed by atoms with Crippen LogP contribution in [0.3, 0.4) is 0 Å². The highest BCUT2D eigenvalue weighted by Gasteiger charge is 2.43. The standard InChI is InChI=1S/C19H28N4O/c1-3-21-17(24)16-7-5-15(6-8-16)13-22-18(20-2)23-12-11-19(14-23)9-4-10-19/h5-8H,3-4,9-14H2,1-2H3,(H,20,22)(H,21,24). The van der Waals surface area contributed by atoms with Crippen LogP contribution >= 0.6 is 0 Å². The van der Waals surface area contributed by atoms with Crippen LogP contribution in [0.2, 0.25) is 0 Å². The molecular formula is C19H28N4O. The van der Waals surface area contributed by atoms with Gasteiger partial charge >= 0.3 is 0 Å². The second-order valence-electron chi connectivity index (χ2n) is 6.98. The third-order valence-electron chi connectivity index (χ3n) is 5.37. The van der Waals surface area contributed by atoms with Gasteiger partial charge in [0, 0.05) is 38.8 Å². The molecule has 2 N–H and O–H groups in total. The minimum absolute atomic E-state index is 0.0179. The number of hydrogen-bond acceptors (Lipinski definition) is 2. The second-order valence-corrected chi connectivity index (χ2v) is 6.98. The zero-order chi connectivity index (χ0) is 17.0. The SMILES string of the molecule is CCNC(=O)c1ccc(CNC(=NC)N2CCC3(CCC3)C2)cc1. The van der Waals surface area contributed by atoms with Gasteiger partial charge in [-0.15, -0.1) is 0 Å². The highest BCUT2D eigenvalue weighted by molar-refractivity contribution is 5.94. The smallest absolute Gasteiger partial charge is 0.251 e. The van der Waals surface area contributed by atoms with E-state index in [4.69, 9.17) is 0 Å². The van der Waals surface area contributed by atoms with Crippen molar-refractivity contribution in [1.82, 2.24) is 15.5 Å². The Morgan fingerprint density at radius 3 is 2.50 bits per heavy atom. The van der Waals surface area contributed by atoms with Gasteiger partial charge in [-0.1, -0.05) is 18.6 Å². The van der Waals surface area contributed by atoms with Crippen LogP contribution < -0.4 is 10.6 Å². The molecule has 0 unspecified atom stereocenters. The highest BCUT2D eigenvalue weighted by atomic mass is 16.1. The molecule has 1 saturated carbocycles. The number of likely N-dealkylation sites (tertiary alicyclic amines) is 1. The van der Waals surface area contributed by atoms with Gasteiger partial charge in [0.2, 0.25) is 0 Å². The number of amides is 1. The zero-order valence-electron chi connectivity index (χ0n) is 14.8. The molecular weight excluding hydrogens is 300 g/mol. The minimum atomic E-state index is -0.0179. The van der Waals surface area contributed by atoms with E-state index >= 15 is 0 Å². The van der Waals surface area contributed by atoms with Gasteiger partial charge in [-0.3, -0.25) is 9.79 Å². The van der Waals surface area contributed by atoms with Crippen molar-refractivity contribution in [2.45, 2.75) is 39.2 Å². The van der Waals surface area contributed by atoms with E-state index in [0.29, 0.717) is 17.5 Å². The van der Waals surface area contributed by atoms with E-state index in [0.717, 1.165) is 31.2 Å². The van der Waals surface area contributed by atoms with Crippen molar-refractivity contribution >= 4 is 11.9 Å². The summed E-state index contributed by atoms with van der Waals surface area (Å²) in [5.74, 6) is 0.974. The fourth-order valence-corrected chi connectivity index (χ4v) is 3.75. The third kappa shape index (κ3) is 3.55. The van der Waals surface area contributed by atoms with Crippen LogP contribution in [-0.2, 0) is 6.54 Å². The molecule has 1 aromatic rings. The van der Waals surface area contributed by atoms with Crippen LogP contribution in [0.1, 0.15) is 48.5 Å². The van der Waals surface area contributed by atoms with Gasteiger partial charge in [-0.25, -0.2) is 0 Å². The van der Waals surface area contributed by atoms with E-state index in [2.05, 4.69) is 20.5 Å². The molecule has 1 aromatic carbocycles. The molecule has 2 fully saturated rings. The summed E-state index contributed by atoms with van der Waals surface area (Å²) in [5.41, 5.74) is 2.43. The highest BCUT2D eigenvalue weighted by Crippen LogP contribution is 2.47. The topological polar surface area (TPSA) is 56.7 Å². The van der Waals surface area contributed by atoms with Crippen molar-refractivity contribution in [1.29, 1.82) is 0 Å². The largest absolute Gasteiger partial charge is 0.352 e. The quantitative estimate of drug-likeness (QED) is 0.659. The maximum Gasteiger partial charge on any atom is 0.251 e. The van der Waals surface area contributed by atoms with Gasteiger partial charge in [-0.05, 0) is 49.3 Å². The van der Waals surface area contributed by atoms with E-state index in [1.807, 2.05) is 38.2 Å². The van der Waals surface area contributed by atoms with Crippen molar-refractivity contribution in [3.63, 3.8) is 0 Å². The van der Waals surface area contributed by atoms with E-state index in [9.17, 15) is 4.79 Å². The number of nitrogens with zero attached hydrogens (tertiary/aromatic N) is 2. The van der Waals surface area contributed by atoms with Gasteiger partial charge < -0.3 is 15.5 Å². The van der Waals surface area contributed by atoms with Crippen LogP contribution in [0.4, 0.5) is 0 Å². The average molecular weight is 328 g/mol. The normalized spacial score (nSPS) is 19.2. The predicted octanol–water partition coefficient (Wildman–Crippen LogP) is 2.39. The molecule has 1 spiro atoms. The zero-order valence-corrected chi connectivity index (χ0v) is 14.8. The summed E-state index contributed by atoms with van der Waals surface area (Å²) in [4.78, 5) is 18.6. The van der Waals surface area contributed by atoms with E-state index in [-0.39, 0.29) is 5.91 Å². The first-order valence-corrected chi connectivity index (χ1v) is 8.98. The van der Waals surface area contributed by atoms with Crippen LogP contribution in [-0.4, -0.2) is 43.4 Å².